The molecule has 7 heteroatoms. The Bertz CT molecular complexity index is 1030. The number of fused-ring (bicyclic) bond motifs is 1. The number of hydrogen-bond acceptors (Lipinski definition) is 7. The van der Waals surface area contributed by atoms with Crippen molar-refractivity contribution in [1.29, 1.82) is 0 Å². The van der Waals surface area contributed by atoms with Crippen LogP contribution in [0.4, 0.5) is 23.1 Å². The van der Waals surface area contributed by atoms with Crippen LogP contribution in [0.3, 0.4) is 0 Å². The molecule has 7 nitrogen and oxygen atoms in total. The van der Waals surface area contributed by atoms with E-state index in [9.17, 15) is 4.79 Å². The van der Waals surface area contributed by atoms with Crippen LogP contribution in [0, 0.1) is 0 Å². The molecule has 1 aromatic heterocycles. The Morgan fingerprint density at radius 1 is 0.900 bits per heavy atom. The summed E-state index contributed by atoms with van der Waals surface area (Å²) in [6.45, 7) is 2.56. The number of carbonyl (C=O) groups is 1. The molecule has 0 atom stereocenters. The van der Waals surface area contributed by atoms with Crippen molar-refractivity contribution in [3.05, 3.63) is 59.8 Å². The number of nitrogens with zero attached hydrogens (tertiary/aromatic N) is 2. The zero-order chi connectivity index (χ0) is 20.9. The van der Waals surface area contributed by atoms with Crippen LogP contribution >= 0.6 is 0 Å². The molecule has 0 aliphatic heterocycles. The first-order valence-electron chi connectivity index (χ1n) is 10.0. The van der Waals surface area contributed by atoms with Crippen molar-refractivity contribution < 1.29 is 14.3 Å². The number of ether oxygens (including phenoxy) is 2. The summed E-state index contributed by atoms with van der Waals surface area (Å²) in [7, 11) is 1.63. The van der Waals surface area contributed by atoms with Gasteiger partial charge in [-0.25, -0.2) is 4.98 Å². The van der Waals surface area contributed by atoms with E-state index in [1.165, 1.54) is 0 Å². The minimum absolute atomic E-state index is 0.0701. The van der Waals surface area contributed by atoms with E-state index in [0.29, 0.717) is 30.4 Å². The lowest BCUT2D eigenvalue weighted by atomic mass is 9.95. The fraction of sp³-hybridized carbons (Fsp3) is 0.261. The Kier molecular flexibility index (Phi) is 5.79. The number of carbonyl (C=O) groups excluding carboxylic acids is 1. The Morgan fingerprint density at radius 2 is 1.57 bits per heavy atom. The van der Waals surface area contributed by atoms with Crippen LogP contribution in [-0.4, -0.2) is 29.5 Å². The standard InChI is InChI=1S/C23H24N4O3/c1-3-30-18-13-9-15(10-14-18)24-22-21-19(5-4-6-20(21)28)26-23(27-22)25-16-7-11-17(29-2)12-8-16/h7-14H,3-6H2,1-2H3,(H2,24,25,26,27). The molecule has 2 N–H and O–H groups in total. The first-order chi connectivity index (χ1) is 14.7. The lowest BCUT2D eigenvalue weighted by Crippen LogP contribution is -2.17. The smallest absolute Gasteiger partial charge is 0.229 e. The second-order valence-electron chi connectivity index (χ2n) is 6.93. The maximum Gasteiger partial charge on any atom is 0.229 e. The van der Waals surface area contributed by atoms with Crippen molar-refractivity contribution in [2.45, 2.75) is 26.2 Å². The predicted octanol–water partition coefficient (Wildman–Crippen LogP) is 4.89. The minimum Gasteiger partial charge on any atom is -0.497 e. The van der Waals surface area contributed by atoms with Gasteiger partial charge in [0.15, 0.2) is 5.78 Å². The molecule has 2 aromatic carbocycles. The van der Waals surface area contributed by atoms with Crippen LogP contribution in [-0.2, 0) is 6.42 Å². The van der Waals surface area contributed by atoms with E-state index in [-0.39, 0.29) is 5.78 Å². The van der Waals surface area contributed by atoms with Gasteiger partial charge in [-0.2, -0.15) is 4.98 Å². The summed E-state index contributed by atoms with van der Waals surface area (Å²) in [6, 6.07) is 15.1. The van der Waals surface area contributed by atoms with E-state index in [1.54, 1.807) is 7.11 Å². The van der Waals surface area contributed by atoms with Crippen LogP contribution in [0.5, 0.6) is 11.5 Å². The zero-order valence-electron chi connectivity index (χ0n) is 17.1. The summed E-state index contributed by atoms with van der Waals surface area (Å²) in [5, 5.41) is 6.51. The highest BCUT2D eigenvalue weighted by Gasteiger charge is 2.24. The third-order valence-electron chi connectivity index (χ3n) is 4.85. The average Bonchev–Trinajstić information content (AvgIpc) is 2.76. The largest absolute Gasteiger partial charge is 0.497 e. The van der Waals surface area contributed by atoms with Crippen LogP contribution in [0.1, 0.15) is 35.8 Å². The molecule has 0 spiro atoms. The summed E-state index contributed by atoms with van der Waals surface area (Å²) < 4.78 is 10.7. The van der Waals surface area contributed by atoms with E-state index >= 15 is 0 Å². The number of rotatable bonds is 7. The maximum atomic E-state index is 12.6. The fourth-order valence-electron chi connectivity index (χ4n) is 3.41. The van der Waals surface area contributed by atoms with Gasteiger partial charge in [-0.05, 0) is 68.3 Å². The Labute approximate surface area is 175 Å². The molecule has 154 valence electrons. The highest BCUT2D eigenvalue weighted by molar-refractivity contribution is 6.03. The second-order valence-corrected chi connectivity index (χ2v) is 6.93. The third-order valence-corrected chi connectivity index (χ3v) is 4.85. The maximum absolute atomic E-state index is 12.6. The Hall–Kier alpha value is -3.61. The number of benzene rings is 2. The topological polar surface area (TPSA) is 85.4 Å². The van der Waals surface area contributed by atoms with E-state index in [1.807, 2.05) is 55.5 Å². The quantitative estimate of drug-likeness (QED) is 0.580. The van der Waals surface area contributed by atoms with Crippen molar-refractivity contribution in [3.63, 3.8) is 0 Å². The Morgan fingerprint density at radius 3 is 2.23 bits per heavy atom. The summed E-state index contributed by atoms with van der Waals surface area (Å²) in [5.74, 6) is 2.61. The van der Waals surface area contributed by atoms with Crippen molar-refractivity contribution >= 4 is 28.9 Å². The van der Waals surface area contributed by atoms with Crippen molar-refractivity contribution in [2.75, 3.05) is 24.4 Å². The monoisotopic (exact) mass is 404 g/mol. The normalized spacial score (nSPS) is 12.8. The van der Waals surface area contributed by atoms with Gasteiger partial charge in [-0.3, -0.25) is 4.79 Å². The second kappa shape index (κ2) is 8.82. The van der Waals surface area contributed by atoms with E-state index in [0.717, 1.165) is 41.4 Å². The first kappa shape index (κ1) is 19.7. The predicted molar refractivity (Wildman–Crippen MR) is 116 cm³/mol. The summed E-state index contributed by atoms with van der Waals surface area (Å²) in [4.78, 5) is 21.8. The highest BCUT2D eigenvalue weighted by Crippen LogP contribution is 2.30. The van der Waals surface area contributed by atoms with Crippen LogP contribution in [0.2, 0.25) is 0 Å². The molecule has 1 aliphatic rings. The van der Waals surface area contributed by atoms with Gasteiger partial charge in [0.2, 0.25) is 5.95 Å². The molecule has 4 rings (SSSR count). The van der Waals surface area contributed by atoms with Gasteiger partial charge in [0, 0.05) is 17.8 Å². The number of methoxy groups -OCH3 is 1. The lowest BCUT2D eigenvalue weighted by molar-refractivity contribution is 0.0972. The number of aryl methyl sites for hydroxylation is 1. The molecule has 30 heavy (non-hydrogen) atoms. The van der Waals surface area contributed by atoms with Gasteiger partial charge >= 0.3 is 0 Å². The summed E-state index contributed by atoms with van der Waals surface area (Å²) >= 11 is 0. The zero-order valence-corrected chi connectivity index (χ0v) is 17.1. The van der Waals surface area contributed by atoms with Gasteiger partial charge in [0.25, 0.3) is 0 Å². The van der Waals surface area contributed by atoms with Crippen molar-refractivity contribution in [1.82, 2.24) is 9.97 Å². The molecule has 0 bridgehead atoms. The van der Waals surface area contributed by atoms with E-state index < -0.39 is 0 Å². The molecule has 1 heterocycles. The number of nitrogens with one attached hydrogen (secondary N) is 2. The molecule has 0 unspecified atom stereocenters. The van der Waals surface area contributed by atoms with Gasteiger partial charge in [-0.15, -0.1) is 0 Å². The summed E-state index contributed by atoms with van der Waals surface area (Å²) in [5.41, 5.74) is 3.01. The van der Waals surface area contributed by atoms with Crippen LogP contribution in [0.15, 0.2) is 48.5 Å². The first-order valence-corrected chi connectivity index (χ1v) is 10.0. The molecular formula is C23H24N4O3. The van der Waals surface area contributed by atoms with Crippen LogP contribution < -0.4 is 20.1 Å². The highest BCUT2D eigenvalue weighted by atomic mass is 16.5. The third kappa shape index (κ3) is 4.35. The van der Waals surface area contributed by atoms with Gasteiger partial charge in [0.05, 0.1) is 25.0 Å². The van der Waals surface area contributed by atoms with Gasteiger partial charge in [-0.1, -0.05) is 0 Å². The lowest BCUT2D eigenvalue weighted by Gasteiger charge is -2.19. The molecule has 0 saturated heterocycles. The van der Waals surface area contributed by atoms with E-state index in [4.69, 9.17) is 9.47 Å². The van der Waals surface area contributed by atoms with E-state index in [2.05, 4.69) is 20.6 Å². The van der Waals surface area contributed by atoms with Crippen molar-refractivity contribution in [2.24, 2.45) is 0 Å². The minimum atomic E-state index is 0.0701. The molecule has 0 amide bonds. The van der Waals surface area contributed by atoms with Gasteiger partial charge < -0.3 is 20.1 Å². The molecule has 0 fully saturated rings. The Balaban J connectivity index is 1.65. The molecule has 3 aromatic rings. The number of ketones is 1. The van der Waals surface area contributed by atoms with Crippen LogP contribution in [0.25, 0.3) is 0 Å². The van der Waals surface area contributed by atoms with Gasteiger partial charge in [0.1, 0.15) is 17.3 Å². The molecule has 0 radical (unpaired) electrons. The van der Waals surface area contributed by atoms with Crippen molar-refractivity contribution in [3.8, 4) is 11.5 Å². The molecule has 1 aliphatic carbocycles. The summed E-state index contributed by atoms with van der Waals surface area (Å²) in [6.07, 6.45) is 2.06. The number of aromatic nitrogens is 2. The fourth-order valence-corrected chi connectivity index (χ4v) is 3.41. The SMILES string of the molecule is CCOc1ccc(Nc2nc(Nc3ccc(OC)cc3)nc3c2C(=O)CCC3)cc1. The molecular weight excluding hydrogens is 380 g/mol. The number of hydrogen-bond donors (Lipinski definition) is 2. The molecule has 0 saturated carbocycles. The number of anilines is 4. The average molecular weight is 404 g/mol. The number of Topliss-reactive ketones (excluding diaryl/α,β-unsaturated/α-hetero) is 1.